The maximum Gasteiger partial charge on any atom is 0.224 e. The van der Waals surface area contributed by atoms with E-state index < -0.39 is 0 Å². The van der Waals surface area contributed by atoms with E-state index in [0.717, 1.165) is 36.5 Å². The van der Waals surface area contributed by atoms with Gasteiger partial charge in [-0.15, -0.1) is 0 Å². The van der Waals surface area contributed by atoms with E-state index in [2.05, 4.69) is 44.6 Å². The minimum absolute atomic E-state index is 0.0505. The quantitative estimate of drug-likeness (QED) is 0.761. The van der Waals surface area contributed by atoms with Crippen LogP contribution in [0.3, 0.4) is 0 Å². The number of hydrogen-bond donors (Lipinski definition) is 3. The Balaban J connectivity index is 1.26. The molecule has 3 fully saturated rings. The Hall–Kier alpha value is -2.22. The molecule has 2 saturated carbocycles. The number of aromatic amines is 1. The van der Waals surface area contributed by atoms with Crippen LogP contribution in [-0.4, -0.2) is 51.4 Å². The van der Waals surface area contributed by atoms with Gasteiger partial charge in [0.2, 0.25) is 5.91 Å². The van der Waals surface area contributed by atoms with E-state index in [0.29, 0.717) is 17.5 Å². The summed E-state index contributed by atoms with van der Waals surface area (Å²) in [5.74, 6) is 2.07. The topological polar surface area (TPSA) is 105 Å². The monoisotopic (exact) mass is 356 g/mol. The molecule has 1 saturated heterocycles. The summed E-state index contributed by atoms with van der Waals surface area (Å²) in [6.45, 7) is 7.84. The van der Waals surface area contributed by atoms with Crippen LogP contribution in [0.5, 0.6) is 0 Å². The van der Waals surface area contributed by atoms with Gasteiger partial charge in [-0.2, -0.15) is 5.10 Å². The molecule has 0 aromatic carbocycles. The number of ether oxygens (including phenoxy) is 1. The van der Waals surface area contributed by atoms with E-state index in [1.54, 1.807) is 0 Å². The molecular formula is C18H24N6O2. The van der Waals surface area contributed by atoms with E-state index in [-0.39, 0.29) is 29.3 Å². The summed E-state index contributed by atoms with van der Waals surface area (Å²) in [6, 6.07) is 0.416. The number of fused-ring (bicyclic) bond motifs is 2. The molecule has 2 aliphatic carbocycles. The third-order valence-electron chi connectivity index (χ3n) is 6.68. The number of nitrogens with one attached hydrogen (secondary N) is 3. The zero-order chi connectivity index (χ0) is 18.1. The van der Waals surface area contributed by atoms with Crippen molar-refractivity contribution >= 4 is 22.8 Å². The van der Waals surface area contributed by atoms with Crippen LogP contribution in [0.2, 0.25) is 0 Å². The minimum atomic E-state index is -0.0505. The molecule has 5 rings (SSSR count). The minimum Gasteiger partial charge on any atom is -0.381 e. The van der Waals surface area contributed by atoms with E-state index >= 15 is 0 Å². The van der Waals surface area contributed by atoms with Gasteiger partial charge < -0.3 is 15.4 Å². The van der Waals surface area contributed by atoms with Crippen molar-refractivity contribution in [3.8, 4) is 0 Å². The molecule has 5 atom stereocenters. The lowest BCUT2D eigenvalue weighted by atomic mass is 9.62. The van der Waals surface area contributed by atoms with Gasteiger partial charge in [0.05, 0.1) is 18.6 Å². The molecule has 8 nitrogen and oxygen atoms in total. The molecule has 3 unspecified atom stereocenters. The first kappa shape index (κ1) is 16.0. The molecule has 1 aliphatic heterocycles. The molecule has 3 aliphatic rings. The fraction of sp³-hybridized carbons (Fsp3) is 0.667. The molecule has 138 valence electrons. The first-order valence-corrected chi connectivity index (χ1v) is 9.27. The van der Waals surface area contributed by atoms with Gasteiger partial charge in [-0.05, 0) is 25.2 Å². The number of rotatable bonds is 4. The van der Waals surface area contributed by atoms with Gasteiger partial charge in [0.15, 0.2) is 5.65 Å². The van der Waals surface area contributed by atoms with Gasteiger partial charge in [-0.3, -0.25) is 9.89 Å². The highest BCUT2D eigenvalue weighted by atomic mass is 16.5. The second-order valence-corrected chi connectivity index (χ2v) is 8.48. The molecule has 26 heavy (non-hydrogen) atoms. The number of hydrogen-bond acceptors (Lipinski definition) is 6. The third kappa shape index (κ3) is 2.24. The Kier molecular flexibility index (Phi) is 3.31. The second-order valence-electron chi connectivity index (χ2n) is 8.48. The highest BCUT2D eigenvalue weighted by Crippen LogP contribution is 2.51. The van der Waals surface area contributed by atoms with Crippen molar-refractivity contribution in [1.29, 1.82) is 0 Å². The van der Waals surface area contributed by atoms with Gasteiger partial charge in [-0.1, -0.05) is 13.8 Å². The zero-order valence-corrected chi connectivity index (χ0v) is 15.2. The first-order chi connectivity index (χ1) is 12.5. The van der Waals surface area contributed by atoms with Crippen LogP contribution < -0.4 is 10.6 Å². The number of carbonyl (C=O) groups excluding carboxylic acids is 1. The Morgan fingerprint density at radius 3 is 2.77 bits per heavy atom. The van der Waals surface area contributed by atoms with Crippen LogP contribution in [0.4, 0.5) is 5.82 Å². The largest absolute Gasteiger partial charge is 0.381 e. The van der Waals surface area contributed by atoms with Crippen LogP contribution in [0.15, 0.2) is 6.33 Å². The van der Waals surface area contributed by atoms with Gasteiger partial charge in [0.25, 0.3) is 0 Å². The number of anilines is 1. The second kappa shape index (κ2) is 5.39. The van der Waals surface area contributed by atoms with Gasteiger partial charge >= 0.3 is 0 Å². The predicted octanol–water partition coefficient (Wildman–Crippen LogP) is 1.25. The molecule has 1 amide bonds. The van der Waals surface area contributed by atoms with Crippen LogP contribution in [0.25, 0.3) is 11.0 Å². The van der Waals surface area contributed by atoms with Crippen molar-refractivity contribution in [3.63, 3.8) is 0 Å². The molecule has 2 aromatic heterocycles. The fourth-order valence-electron chi connectivity index (χ4n) is 4.59. The summed E-state index contributed by atoms with van der Waals surface area (Å²) in [4.78, 5) is 21.1. The maximum absolute atomic E-state index is 12.5. The highest BCUT2D eigenvalue weighted by Gasteiger charge is 2.59. The van der Waals surface area contributed by atoms with Crippen LogP contribution >= 0.6 is 0 Å². The number of amides is 1. The summed E-state index contributed by atoms with van der Waals surface area (Å²) >= 11 is 0. The number of nitrogens with zero attached hydrogens (tertiary/aromatic N) is 3. The van der Waals surface area contributed by atoms with Crippen molar-refractivity contribution in [2.45, 2.75) is 39.3 Å². The summed E-state index contributed by atoms with van der Waals surface area (Å²) in [5, 5.41) is 14.9. The van der Waals surface area contributed by atoms with Crippen molar-refractivity contribution in [3.05, 3.63) is 12.0 Å². The Bertz CT molecular complexity index is 868. The summed E-state index contributed by atoms with van der Waals surface area (Å²) in [7, 11) is 0. The molecule has 0 spiro atoms. The standard InChI is InChI=1S/C18H24N6O2/c1-8-13-15(19-7-20-16(13)24-23-8)21-11-4-12(18(11,2)3)22-17(25)14-9-5-26-6-10(9)14/h7,9-12,14H,4-6H2,1-3H3,(H,22,25)(H2,19,20,21,23,24)/t9-,10+,11?,12?,14?. The predicted molar refractivity (Wildman–Crippen MR) is 95.4 cm³/mol. The Labute approximate surface area is 151 Å². The fourth-order valence-corrected chi connectivity index (χ4v) is 4.59. The normalized spacial score (nSPS) is 34.2. The van der Waals surface area contributed by atoms with Crippen LogP contribution in [-0.2, 0) is 9.53 Å². The van der Waals surface area contributed by atoms with E-state index in [1.807, 2.05) is 6.92 Å². The smallest absolute Gasteiger partial charge is 0.224 e. The van der Waals surface area contributed by atoms with Gasteiger partial charge in [0, 0.05) is 29.1 Å². The van der Waals surface area contributed by atoms with Crippen molar-refractivity contribution < 1.29 is 9.53 Å². The number of carbonyl (C=O) groups is 1. The van der Waals surface area contributed by atoms with E-state index in [9.17, 15) is 4.79 Å². The number of aryl methyl sites for hydroxylation is 1. The van der Waals surface area contributed by atoms with Crippen molar-refractivity contribution in [2.24, 2.45) is 23.2 Å². The third-order valence-corrected chi connectivity index (χ3v) is 6.68. The SMILES string of the molecule is Cc1[nH]nc2ncnc(NC3CC(NC(=O)C4[C@H]5COC[C@@H]45)C3(C)C)c12. The lowest BCUT2D eigenvalue weighted by Gasteiger charge is -2.52. The summed E-state index contributed by atoms with van der Waals surface area (Å²) in [6.07, 6.45) is 2.42. The molecule has 0 radical (unpaired) electrons. The van der Waals surface area contributed by atoms with E-state index in [4.69, 9.17) is 4.74 Å². The molecular weight excluding hydrogens is 332 g/mol. The van der Waals surface area contributed by atoms with Crippen LogP contribution in [0.1, 0.15) is 26.0 Å². The lowest BCUT2D eigenvalue weighted by molar-refractivity contribution is -0.126. The first-order valence-electron chi connectivity index (χ1n) is 9.27. The van der Waals surface area contributed by atoms with E-state index in [1.165, 1.54) is 6.33 Å². The average Bonchev–Trinajstić information content (AvgIpc) is 2.94. The highest BCUT2D eigenvalue weighted by molar-refractivity contribution is 5.88. The van der Waals surface area contributed by atoms with Crippen LogP contribution in [0, 0.1) is 30.1 Å². The molecule has 0 bridgehead atoms. The summed E-state index contributed by atoms with van der Waals surface area (Å²) in [5.41, 5.74) is 1.57. The summed E-state index contributed by atoms with van der Waals surface area (Å²) < 4.78 is 5.38. The van der Waals surface area contributed by atoms with Gasteiger partial charge in [0.1, 0.15) is 12.1 Å². The number of H-pyrrole nitrogens is 1. The molecule has 3 N–H and O–H groups in total. The lowest BCUT2D eigenvalue weighted by Crippen LogP contribution is -2.64. The number of aromatic nitrogens is 4. The molecule has 2 aromatic rings. The van der Waals surface area contributed by atoms with Crippen molar-refractivity contribution in [2.75, 3.05) is 18.5 Å². The zero-order valence-electron chi connectivity index (χ0n) is 15.2. The van der Waals surface area contributed by atoms with Gasteiger partial charge in [-0.25, -0.2) is 9.97 Å². The maximum atomic E-state index is 12.5. The Morgan fingerprint density at radius 2 is 2.04 bits per heavy atom. The Morgan fingerprint density at radius 1 is 1.27 bits per heavy atom. The molecule has 8 heteroatoms. The van der Waals surface area contributed by atoms with Crippen molar-refractivity contribution in [1.82, 2.24) is 25.5 Å². The molecule has 3 heterocycles. The average molecular weight is 356 g/mol.